The number of sulfonamides is 1. The quantitative estimate of drug-likeness (QED) is 0.900. The van der Waals surface area contributed by atoms with E-state index >= 15 is 0 Å². The molecule has 21 heavy (non-hydrogen) atoms. The third kappa shape index (κ3) is 3.16. The molecular formula is C13H11FN2O4S. The fourth-order valence-electron chi connectivity index (χ4n) is 1.76. The number of carboxylic acid groups (broad SMARTS) is 1. The number of hydrogen-bond donors (Lipinski definition) is 2. The second kappa shape index (κ2) is 5.49. The number of hydrogen-bond acceptors (Lipinski definition) is 4. The molecule has 0 saturated carbocycles. The Balaban J connectivity index is 2.45. The SMILES string of the molecule is Cc1cc(F)ccc1S(=O)(=O)Nc1ncccc1C(=O)O. The van der Waals surface area contributed by atoms with Crippen LogP contribution in [-0.4, -0.2) is 24.5 Å². The number of carboxylic acids is 1. The molecule has 0 fully saturated rings. The number of pyridine rings is 1. The summed E-state index contributed by atoms with van der Waals surface area (Å²) in [5, 5.41) is 9.00. The van der Waals surface area contributed by atoms with Crippen molar-refractivity contribution in [3.63, 3.8) is 0 Å². The van der Waals surface area contributed by atoms with Crippen molar-refractivity contribution >= 4 is 21.8 Å². The van der Waals surface area contributed by atoms with Crippen molar-refractivity contribution in [2.45, 2.75) is 11.8 Å². The standard InChI is InChI=1S/C13H11FN2O4S/c1-8-7-9(14)4-5-11(8)21(19,20)16-12-10(13(17)18)3-2-6-15-12/h2-7H,1H3,(H,15,16)(H,17,18). The molecule has 2 N–H and O–H groups in total. The summed E-state index contributed by atoms with van der Waals surface area (Å²) in [6, 6.07) is 5.80. The third-order valence-corrected chi connectivity index (χ3v) is 4.19. The second-order valence-corrected chi connectivity index (χ2v) is 5.87. The van der Waals surface area contributed by atoms with Crippen LogP contribution in [0.3, 0.4) is 0 Å². The van der Waals surface area contributed by atoms with E-state index < -0.39 is 21.8 Å². The van der Waals surface area contributed by atoms with Crippen LogP contribution in [0.15, 0.2) is 41.4 Å². The molecule has 1 heterocycles. The lowest BCUT2D eigenvalue weighted by atomic mass is 10.2. The largest absolute Gasteiger partial charge is 0.478 e. The Bertz CT molecular complexity index is 806. The lowest BCUT2D eigenvalue weighted by Gasteiger charge is -2.11. The minimum absolute atomic E-state index is 0.147. The van der Waals surface area contributed by atoms with Crippen LogP contribution in [0.5, 0.6) is 0 Å². The number of anilines is 1. The van der Waals surface area contributed by atoms with Crippen LogP contribution in [0.25, 0.3) is 0 Å². The van der Waals surface area contributed by atoms with Gasteiger partial charge < -0.3 is 5.11 Å². The fraction of sp³-hybridized carbons (Fsp3) is 0.0769. The minimum atomic E-state index is -4.06. The number of aromatic nitrogens is 1. The molecule has 6 nitrogen and oxygen atoms in total. The van der Waals surface area contributed by atoms with Gasteiger partial charge in [-0.3, -0.25) is 4.72 Å². The van der Waals surface area contributed by atoms with Gasteiger partial charge in [0.1, 0.15) is 11.4 Å². The van der Waals surface area contributed by atoms with Crippen LogP contribution in [0, 0.1) is 12.7 Å². The van der Waals surface area contributed by atoms with Gasteiger partial charge in [-0.2, -0.15) is 0 Å². The molecule has 8 heteroatoms. The summed E-state index contributed by atoms with van der Waals surface area (Å²) in [4.78, 5) is 14.6. The molecule has 0 radical (unpaired) electrons. The minimum Gasteiger partial charge on any atom is -0.478 e. The highest BCUT2D eigenvalue weighted by molar-refractivity contribution is 7.92. The molecule has 110 valence electrons. The molecule has 0 aliphatic carbocycles. The van der Waals surface area contributed by atoms with Crippen LogP contribution in [0.2, 0.25) is 0 Å². The van der Waals surface area contributed by atoms with Gasteiger partial charge in [-0.15, -0.1) is 0 Å². The zero-order chi connectivity index (χ0) is 15.6. The van der Waals surface area contributed by atoms with E-state index in [2.05, 4.69) is 9.71 Å². The van der Waals surface area contributed by atoms with Crippen LogP contribution < -0.4 is 4.72 Å². The highest BCUT2D eigenvalue weighted by atomic mass is 32.2. The third-order valence-electron chi connectivity index (χ3n) is 2.70. The number of rotatable bonds is 4. The van der Waals surface area contributed by atoms with Gasteiger partial charge in [0.15, 0.2) is 5.82 Å². The molecule has 1 aromatic carbocycles. The lowest BCUT2D eigenvalue weighted by Crippen LogP contribution is -2.17. The maximum absolute atomic E-state index is 13.0. The summed E-state index contributed by atoms with van der Waals surface area (Å²) < 4.78 is 39.6. The normalized spacial score (nSPS) is 11.1. The number of nitrogens with one attached hydrogen (secondary N) is 1. The molecule has 0 bridgehead atoms. The number of halogens is 1. The zero-order valence-electron chi connectivity index (χ0n) is 10.9. The van der Waals surface area contributed by atoms with Crippen LogP contribution in [-0.2, 0) is 10.0 Å². The summed E-state index contributed by atoms with van der Waals surface area (Å²) in [5.41, 5.74) is -0.0730. The number of aromatic carboxylic acids is 1. The smallest absolute Gasteiger partial charge is 0.339 e. The molecule has 1 aromatic heterocycles. The van der Waals surface area contributed by atoms with E-state index in [1.54, 1.807) is 0 Å². The molecule has 2 aromatic rings. The molecule has 2 rings (SSSR count). The Kier molecular flexibility index (Phi) is 3.90. The van der Waals surface area contributed by atoms with E-state index in [1.807, 2.05) is 0 Å². The number of aryl methyl sites for hydroxylation is 1. The highest BCUT2D eigenvalue weighted by Gasteiger charge is 2.21. The lowest BCUT2D eigenvalue weighted by molar-refractivity contribution is 0.0697. The van der Waals surface area contributed by atoms with Gasteiger partial charge in [-0.05, 0) is 42.8 Å². The van der Waals surface area contributed by atoms with Crippen molar-refractivity contribution in [1.82, 2.24) is 4.98 Å². The summed E-state index contributed by atoms with van der Waals surface area (Å²) in [5.74, 6) is -2.17. The molecule has 0 atom stereocenters. The van der Waals surface area contributed by atoms with Crippen molar-refractivity contribution < 1.29 is 22.7 Å². The Hall–Kier alpha value is -2.48. The van der Waals surface area contributed by atoms with Gasteiger partial charge in [-0.1, -0.05) is 0 Å². The Morgan fingerprint density at radius 2 is 2.05 bits per heavy atom. The van der Waals surface area contributed by atoms with Crippen LogP contribution in [0.1, 0.15) is 15.9 Å². The van der Waals surface area contributed by atoms with E-state index in [1.165, 1.54) is 25.3 Å². The van der Waals surface area contributed by atoms with Gasteiger partial charge in [0.2, 0.25) is 0 Å². The highest BCUT2D eigenvalue weighted by Crippen LogP contribution is 2.21. The monoisotopic (exact) mass is 310 g/mol. The van der Waals surface area contributed by atoms with Gasteiger partial charge in [-0.25, -0.2) is 22.6 Å². The van der Waals surface area contributed by atoms with Crippen molar-refractivity contribution in [2.75, 3.05) is 4.72 Å². The van der Waals surface area contributed by atoms with Gasteiger partial charge in [0, 0.05) is 6.20 Å². The Morgan fingerprint density at radius 1 is 1.33 bits per heavy atom. The summed E-state index contributed by atoms with van der Waals surface area (Å²) in [6.45, 7) is 1.44. The average Bonchev–Trinajstić information content (AvgIpc) is 2.37. The van der Waals surface area contributed by atoms with E-state index in [4.69, 9.17) is 5.11 Å². The topological polar surface area (TPSA) is 96.4 Å². The average molecular weight is 310 g/mol. The predicted molar refractivity (Wildman–Crippen MR) is 73.1 cm³/mol. The molecular weight excluding hydrogens is 299 g/mol. The van der Waals surface area contributed by atoms with Gasteiger partial charge in [0.05, 0.1) is 4.90 Å². The first-order valence-electron chi connectivity index (χ1n) is 5.78. The maximum Gasteiger partial charge on any atom is 0.339 e. The van der Waals surface area contributed by atoms with Gasteiger partial charge >= 0.3 is 5.97 Å². The summed E-state index contributed by atoms with van der Waals surface area (Å²) >= 11 is 0. The maximum atomic E-state index is 13.0. The zero-order valence-corrected chi connectivity index (χ0v) is 11.7. The molecule has 0 spiro atoms. The summed E-state index contributed by atoms with van der Waals surface area (Å²) in [7, 11) is -4.06. The van der Waals surface area contributed by atoms with E-state index in [0.29, 0.717) is 0 Å². The molecule has 0 aliphatic heterocycles. The Labute approximate surface area is 120 Å². The summed E-state index contributed by atoms with van der Waals surface area (Å²) in [6.07, 6.45) is 1.27. The van der Waals surface area contributed by atoms with Crippen molar-refractivity contribution in [3.8, 4) is 0 Å². The number of carbonyl (C=O) groups is 1. The van der Waals surface area contributed by atoms with Crippen molar-refractivity contribution in [2.24, 2.45) is 0 Å². The molecule has 0 saturated heterocycles. The predicted octanol–water partition coefficient (Wildman–Crippen LogP) is 2.03. The first-order valence-corrected chi connectivity index (χ1v) is 7.27. The Morgan fingerprint density at radius 3 is 2.67 bits per heavy atom. The first kappa shape index (κ1) is 14.9. The van der Waals surface area contributed by atoms with E-state index in [-0.39, 0.29) is 21.8 Å². The van der Waals surface area contributed by atoms with Crippen molar-refractivity contribution in [3.05, 3.63) is 53.5 Å². The van der Waals surface area contributed by atoms with E-state index in [0.717, 1.165) is 18.2 Å². The van der Waals surface area contributed by atoms with Crippen molar-refractivity contribution in [1.29, 1.82) is 0 Å². The number of benzene rings is 1. The van der Waals surface area contributed by atoms with Crippen LogP contribution >= 0.6 is 0 Å². The molecule has 0 unspecified atom stereocenters. The fourth-order valence-corrected chi connectivity index (χ4v) is 3.01. The first-order chi connectivity index (χ1) is 9.81. The second-order valence-electron chi connectivity index (χ2n) is 4.22. The van der Waals surface area contributed by atoms with Crippen LogP contribution in [0.4, 0.5) is 10.2 Å². The number of nitrogens with zero attached hydrogens (tertiary/aromatic N) is 1. The van der Waals surface area contributed by atoms with Gasteiger partial charge in [0.25, 0.3) is 10.0 Å². The molecule has 0 aliphatic rings. The van der Waals surface area contributed by atoms with E-state index in [9.17, 15) is 17.6 Å². The molecule has 0 amide bonds.